The summed E-state index contributed by atoms with van der Waals surface area (Å²) in [4.78, 5) is 14.9. The lowest BCUT2D eigenvalue weighted by atomic mass is 9.46. The van der Waals surface area contributed by atoms with Crippen molar-refractivity contribution in [3.63, 3.8) is 0 Å². The number of carbonyl (C=O) groups is 1. The van der Waals surface area contributed by atoms with Crippen molar-refractivity contribution in [2.24, 2.45) is 29.1 Å². The fourth-order valence-electron chi connectivity index (χ4n) is 6.56. The highest BCUT2D eigenvalue weighted by atomic mass is 16.5. The Morgan fingerprint density at radius 1 is 1.11 bits per heavy atom. The molecule has 0 amide bonds. The van der Waals surface area contributed by atoms with Gasteiger partial charge in [0.2, 0.25) is 0 Å². The number of esters is 1. The van der Waals surface area contributed by atoms with E-state index in [0.717, 1.165) is 17.8 Å². The van der Waals surface area contributed by atoms with Crippen molar-refractivity contribution in [1.29, 1.82) is 0 Å². The number of rotatable bonds is 6. The quantitative estimate of drug-likeness (QED) is 0.493. The molecule has 4 bridgehead atoms. The molecule has 4 aliphatic rings. The van der Waals surface area contributed by atoms with E-state index in [-0.39, 0.29) is 5.97 Å². The fourth-order valence-corrected chi connectivity index (χ4v) is 6.56. The first-order chi connectivity index (χ1) is 12.8. The maximum Gasteiger partial charge on any atom is 0.311 e. The number of ether oxygens (including phenoxy) is 1. The van der Waals surface area contributed by atoms with Gasteiger partial charge < -0.3 is 9.64 Å². The Kier molecular flexibility index (Phi) is 5.09. The van der Waals surface area contributed by atoms with Crippen LogP contribution in [0.25, 0.3) is 0 Å². The van der Waals surface area contributed by atoms with E-state index in [1.54, 1.807) is 0 Å². The van der Waals surface area contributed by atoms with Crippen LogP contribution in [0.1, 0.15) is 70.4 Å². The van der Waals surface area contributed by atoms with E-state index < -0.39 is 0 Å². The lowest BCUT2D eigenvalue weighted by molar-refractivity contribution is -0.140. The zero-order chi connectivity index (χ0) is 19.2. The third-order valence-electron chi connectivity index (χ3n) is 7.95. The van der Waals surface area contributed by atoms with Gasteiger partial charge in [-0.05, 0) is 106 Å². The zero-order valence-corrected chi connectivity index (χ0v) is 17.4. The molecule has 1 unspecified atom stereocenters. The lowest BCUT2D eigenvalue weighted by Gasteiger charge is -2.59. The van der Waals surface area contributed by atoms with Gasteiger partial charge >= 0.3 is 5.97 Å². The van der Waals surface area contributed by atoms with Gasteiger partial charge in [-0.3, -0.25) is 4.79 Å². The molecule has 0 saturated heterocycles. The number of benzene rings is 1. The molecule has 0 heterocycles. The molecule has 0 aromatic heterocycles. The molecule has 0 spiro atoms. The van der Waals surface area contributed by atoms with Crippen LogP contribution in [0.15, 0.2) is 24.3 Å². The average Bonchev–Trinajstić information content (AvgIpc) is 2.60. The minimum atomic E-state index is -0.0621. The van der Waals surface area contributed by atoms with Crippen molar-refractivity contribution >= 4 is 5.97 Å². The Labute approximate surface area is 164 Å². The fraction of sp³-hybridized carbons (Fsp3) is 0.708. The molecule has 2 atom stereocenters. The van der Waals surface area contributed by atoms with Crippen molar-refractivity contribution in [3.05, 3.63) is 29.8 Å². The van der Waals surface area contributed by atoms with Gasteiger partial charge in [0.25, 0.3) is 0 Å². The van der Waals surface area contributed by atoms with E-state index >= 15 is 0 Å². The van der Waals surface area contributed by atoms with Gasteiger partial charge in [0.15, 0.2) is 0 Å². The van der Waals surface area contributed by atoms with Gasteiger partial charge in [0.05, 0.1) is 0 Å². The summed E-state index contributed by atoms with van der Waals surface area (Å²) >= 11 is 0. The summed E-state index contributed by atoms with van der Waals surface area (Å²) in [6.45, 7) is 4.47. The minimum Gasteiger partial charge on any atom is -0.427 e. The molecular formula is C24H35NO2. The number of hydrogen-bond donors (Lipinski definition) is 0. The van der Waals surface area contributed by atoms with Crippen LogP contribution in [-0.2, 0) is 4.79 Å². The number of nitrogens with zero attached hydrogens (tertiary/aromatic N) is 1. The molecule has 3 nitrogen and oxygen atoms in total. The Morgan fingerprint density at radius 2 is 1.70 bits per heavy atom. The van der Waals surface area contributed by atoms with Crippen LogP contribution < -0.4 is 4.74 Å². The van der Waals surface area contributed by atoms with E-state index in [9.17, 15) is 4.79 Å². The molecular weight excluding hydrogens is 334 g/mol. The number of carbonyl (C=O) groups excluding carboxylic acids is 1. The van der Waals surface area contributed by atoms with E-state index in [0.29, 0.717) is 29.5 Å². The van der Waals surface area contributed by atoms with Crippen LogP contribution in [0.2, 0.25) is 0 Å². The van der Waals surface area contributed by atoms with E-state index in [1.807, 2.05) is 18.2 Å². The van der Waals surface area contributed by atoms with Crippen LogP contribution in [0.4, 0.5) is 0 Å². The topological polar surface area (TPSA) is 29.5 Å². The summed E-state index contributed by atoms with van der Waals surface area (Å²) in [6, 6.07) is 8.30. The largest absolute Gasteiger partial charge is 0.427 e. The Balaban J connectivity index is 1.39. The maximum atomic E-state index is 12.7. The predicted octanol–water partition coefficient (Wildman–Crippen LogP) is 5.46. The monoisotopic (exact) mass is 369 g/mol. The summed E-state index contributed by atoms with van der Waals surface area (Å²) < 4.78 is 5.76. The Morgan fingerprint density at radius 3 is 2.26 bits per heavy atom. The van der Waals surface area contributed by atoms with Crippen LogP contribution in [-0.4, -0.2) is 25.0 Å². The molecule has 3 heteroatoms. The molecule has 4 saturated carbocycles. The smallest absolute Gasteiger partial charge is 0.311 e. The van der Waals surface area contributed by atoms with E-state index in [2.05, 4.69) is 38.9 Å². The molecule has 1 aromatic rings. The molecule has 148 valence electrons. The van der Waals surface area contributed by atoms with Gasteiger partial charge in [0, 0.05) is 12.5 Å². The summed E-state index contributed by atoms with van der Waals surface area (Å²) in [5.41, 5.74) is 1.59. The van der Waals surface area contributed by atoms with Crippen LogP contribution in [0, 0.1) is 29.1 Å². The molecule has 4 fully saturated rings. The third-order valence-corrected chi connectivity index (χ3v) is 7.95. The summed E-state index contributed by atoms with van der Waals surface area (Å²) in [7, 11) is 4.13. The van der Waals surface area contributed by atoms with Crippen molar-refractivity contribution < 1.29 is 9.53 Å². The second-order valence-corrected chi connectivity index (χ2v) is 10.1. The van der Waals surface area contributed by atoms with E-state index in [4.69, 9.17) is 4.74 Å². The molecule has 1 aromatic carbocycles. The van der Waals surface area contributed by atoms with Crippen molar-refractivity contribution in [3.8, 4) is 5.75 Å². The molecule has 0 aliphatic heterocycles. The molecule has 5 rings (SSSR count). The standard InChI is InChI=1S/C24H35NO2/c1-16(24-13-18-9-19(14-24)11-20(10-18)15-24)8-23(26)27-22-7-5-6-21(12-22)17(2)25(3)4/h5-7,12,16-20H,8-11,13-15H2,1-4H3/t16?,17-,18?,19?,20?,24?/m0/s1. The van der Waals surface area contributed by atoms with Crippen molar-refractivity contribution in [1.82, 2.24) is 4.90 Å². The van der Waals surface area contributed by atoms with Crippen LogP contribution in [0.5, 0.6) is 5.75 Å². The summed E-state index contributed by atoms with van der Waals surface area (Å²) in [6.07, 6.45) is 8.96. The second kappa shape index (κ2) is 7.24. The van der Waals surface area contributed by atoms with Gasteiger partial charge in [-0.1, -0.05) is 19.1 Å². The summed E-state index contributed by atoms with van der Waals surface area (Å²) in [5.74, 6) is 3.84. The van der Waals surface area contributed by atoms with Gasteiger partial charge in [-0.15, -0.1) is 0 Å². The Bertz CT molecular complexity index is 660. The van der Waals surface area contributed by atoms with Crippen molar-refractivity contribution in [2.75, 3.05) is 14.1 Å². The second-order valence-electron chi connectivity index (χ2n) is 10.1. The van der Waals surface area contributed by atoms with Gasteiger partial charge in [0.1, 0.15) is 5.75 Å². The highest BCUT2D eigenvalue weighted by Crippen LogP contribution is 2.63. The van der Waals surface area contributed by atoms with Gasteiger partial charge in [-0.2, -0.15) is 0 Å². The molecule has 0 radical (unpaired) electrons. The average molecular weight is 370 g/mol. The lowest BCUT2D eigenvalue weighted by Crippen LogP contribution is -2.49. The highest BCUT2D eigenvalue weighted by Gasteiger charge is 2.53. The first-order valence-corrected chi connectivity index (χ1v) is 10.8. The van der Waals surface area contributed by atoms with Crippen molar-refractivity contribution in [2.45, 2.75) is 64.8 Å². The maximum absolute atomic E-state index is 12.7. The van der Waals surface area contributed by atoms with Crippen LogP contribution in [0.3, 0.4) is 0 Å². The van der Waals surface area contributed by atoms with E-state index in [1.165, 1.54) is 44.1 Å². The molecule has 4 aliphatic carbocycles. The van der Waals surface area contributed by atoms with Gasteiger partial charge in [-0.25, -0.2) is 0 Å². The third kappa shape index (κ3) is 3.81. The predicted molar refractivity (Wildman–Crippen MR) is 109 cm³/mol. The molecule has 0 N–H and O–H groups in total. The first-order valence-electron chi connectivity index (χ1n) is 10.8. The normalized spacial score (nSPS) is 33.9. The summed E-state index contributed by atoms with van der Waals surface area (Å²) in [5, 5.41) is 0. The first kappa shape index (κ1) is 19.0. The molecule has 27 heavy (non-hydrogen) atoms. The number of hydrogen-bond acceptors (Lipinski definition) is 3. The highest BCUT2D eigenvalue weighted by molar-refractivity contribution is 5.72. The SMILES string of the molecule is CC(CC(=O)Oc1cccc([C@H](C)N(C)C)c1)C12CC3CC(CC(C3)C1)C2. The Hall–Kier alpha value is -1.35. The zero-order valence-electron chi connectivity index (χ0n) is 17.4. The minimum absolute atomic E-state index is 0.0621. The van der Waals surface area contributed by atoms with Crippen LogP contribution >= 0.6 is 0 Å².